The van der Waals surface area contributed by atoms with Gasteiger partial charge in [0.2, 0.25) is 0 Å². The van der Waals surface area contributed by atoms with Crippen molar-refractivity contribution < 1.29 is 14.7 Å². The van der Waals surface area contributed by atoms with Gasteiger partial charge in [-0.15, -0.1) is 11.8 Å². The molecule has 0 aliphatic carbocycles. The van der Waals surface area contributed by atoms with Crippen LogP contribution in [0, 0.1) is 5.41 Å². The topological polar surface area (TPSA) is 60.9 Å². The van der Waals surface area contributed by atoms with Crippen molar-refractivity contribution in [1.29, 1.82) is 0 Å². The molecule has 0 bridgehead atoms. The zero-order valence-electron chi connectivity index (χ0n) is 12.5. The van der Waals surface area contributed by atoms with Gasteiger partial charge in [-0.2, -0.15) is 0 Å². The van der Waals surface area contributed by atoms with Crippen molar-refractivity contribution in [1.82, 2.24) is 9.80 Å². The average Bonchev–Trinajstić information content (AvgIpc) is 3.02. The molecule has 0 aromatic rings. The highest BCUT2D eigenvalue weighted by Gasteiger charge is 2.44. The summed E-state index contributed by atoms with van der Waals surface area (Å²) in [4.78, 5) is 27.4. The van der Waals surface area contributed by atoms with Gasteiger partial charge in [0, 0.05) is 18.8 Å². The minimum atomic E-state index is -0.897. The Bertz CT molecular complexity index is 398. The second-order valence-corrected chi connectivity index (χ2v) is 7.20. The maximum absolute atomic E-state index is 12.7. The van der Waals surface area contributed by atoms with Crippen molar-refractivity contribution in [3.63, 3.8) is 0 Å². The van der Waals surface area contributed by atoms with Gasteiger partial charge >= 0.3 is 12.0 Å². The number of thioether (sulfide) groups is 1. The summed E-state index contributed by atoms with van der Waals surface area (Å²) in [5, 5.41) is 9.21. The van der Waals surface area contributed by atoms with Crippen LogP contribution in [0.15, 0.2) is 0 Å². The first-order valence-corrected chi connectivity index (χ1v) is 8.40. The molecule has 2 atom stereocenters. The maximum Gasteiger partial charge on any atom is 0.327 e. The minimum absolute atomic E-state index is 0.0538. The number of hydrogen-bond acceptors (Lipinski definition) is 3. The number of likely N-dealkylation sites (tertiary alicyclic amines) is 1. The van der Waals surface area contributed by atoms with Gasteiger partial charge in [0.05, 0.1) is 5.37 Å². The molecular formula is C14H24N2O3S. The summed E-state index contributed by atoms with van der Waals surface area (Å²) in [5.74, 6) is -0.408. The molecule has 2 aliphatic rings. The molecule has 0 radical (unpaired) electrons. The Morgan fingerprint density at radius 1 is 1.35 bits per heavy atom. The summed E-state index contributed by atoms with van der Waals surface area (Å²) in [6, 6.07) is -0.778. The summed E-state index contributed by atoms with van der Waals surface area (Å²) in [5.41, 5.74) is 0.227. The lowest BCUT2D eigenvalue weighted by Gasteiger charge is -2.32. The lowest BCUT2D eigenvalue weighted by Crippen LogP contribution is -2.50. The lowest BCUT2D eigenvalue weighted by atomic mass is 9.82. The quantitative estimate of drug-likeness (QED) is 0.870. The van der Waals surface area contributed by atoms with Crippen molar-refractivity contribution in [2.24, 2.45) is 5.41 Å². The summed E-state index contributed by atoms with van der Waals surface area (Å²) >= 11 is 1.54. The van der Waals surface area contributed by atoms with Gasteiger partial charge in [-0.25, -0.2) is 9.59 Å². The maximum atomic E-state index is 12.7. The van der Waals surface area contributed by atoms with Crippen molar-refractivity contribution in [3.05, 3.63) is 0 Å². The Morgan fingerprint density at radius 2 is 2.00 bits per heavy atom. The molecule has 2 unspecified atom stereocenters. The van der Waals surface area contributed by atoms with E-state index in [9.17, 15) is 14.7 Å². The van der Waals surface area contributed by atoms with Crippen LogP contribution in [0.4, 0.5) is 4.79 Å². The van der Waals surface area contributed by atoms with Crippen LogP contribution in [-0.4, -0.2) is 57.2 Å². The van der Waals surface area contributed by atoms with E-state index in [4.69, 9.17) is 0 Å². The second-order valence-electron chi connectivity index (χ2n) is 5.86. The fourth-order valence-corrected chi connectivity index (χ4v) is 4.37. The molecule has 2 fully saturated rings. The van der Waals surface area contributed by atoms with E-state index in [1.807, 2.05) is 11.8 Å². The van der Waals surface area contributed by atoms with Gasteiger partial charge in [0.25, 0.3) is 0 Å². The van der Waals surface area contributed by atoms with E-state index in [1.165, 1.54) is 11.8 Å². The second kappa shape index (κ2) is 5.84. The Labute approximate surface area is 124 Å². The predicted molar refractivity (Wildman–Crippen MR) is 79.8 cm³/mol. The van der Waals surface area contributed by atoms with Crippen LogP contribution in [0.1, 0.15) is 40.0 Å². The highest BCUT2D eigenvalue weighted by atomic mass is 32.2. The van der Waals surface area contributed by atoms with Crippen LogP contribution in [0.3, 0.4) is 0 Å². The molecule has 2 aliphatic heterocycles. The standard InChI is InChI=1S/C14H24N2O3S/c1-4-14(5-2)6-7-15(9-14)13(19)16-10(3)20-8-11(16)12(17)18/h10-11H,4-9H2,1-3H3,(H,17,18). The number of amides is 2. The van der Waals surface area contributed by atoms with Crippen molar-refractivity contribution in [3.8, 4) is 0 Å². The molecule has 0 saturated carbocycles. The van der Waals surface area contributed by atoms with Crippen molar-refractivity contribution in [2.75, 3.05) is 18.8 Å². The molecule has 20 heavy (non-hydrogen) atoms. The number of urea groups is 1. The summed E-state index contributed by atoms with van der Waals surface area (Å²) in [6.45, 7) is 7.77. The number of carboxylic acid groups (broad SMARTS) is 1. The Kier molecular flexibility index (Phi) is 4.52. The zero-order valence-corrected chi connectivity index (χ0v) is 13.3. The van der Waals surface area contributed by atoms with E-state index in [0.717, 1.165) is 32.4 Å². The van der Waals surface area contributed by atoms with Gasteiger partial charge in [-0.05, 0) is 31.6 Å². The van der Waals surface area contributed by atoms with E-state index in [0.29, 0.717) is 5.75 Å². The number of aliphatic carboxylic acids is 1. The van der Waals surface area contributed by atoms with Gasteiger partial charge in [-0.3, -0.25) is 4.90 Å². The first-order chi connectivity index (χ1) is 9.44. The third kappa shape index (κ3) is 2.62. The van der Waals surface area contributed by atoms with Crippen LogP contribution in [0.5, 0.6) is 0 Å². The molecule has 2 heterocycles. The van der Waals surface area contributed by atoms with Crippen molar-refractivity contribution >= 4 is 23.8 Å². The van der Waals surface area contributed by atoms with Crippen LogP contribution < -0.4 is 0 Å². The summed E-state index contributed by atoms with van der Waals surface area (Å²) in [7, 11) is 0. The molecule has 2 saturated heterocycles. The monoisotopic (exact) mass is 300 g/mol. The summed E-state index contributed by atoms with van der Waals surface area (Å²) in [6.07, 6.45) is 3.17. The van der Waals surface area contributed by atoms with Gasteiger partial charge in [0.15, 0.2) is 0 Å². The van der Waals surface area contributed by atoms with E-state index >= 15 is 0 Å². The third-order valence-electron chi connectivity index (χ3n) is 4.94. The summed E-state index contributed by atoms with van der Waals surface area (Å²) < 4.78 is 0. The molecule has 114 valence electrons. The van der Waals surface area contributed by atoms with E-state index < -0.39 is 12.0 Å². The number of nitrogens with zero attached hydrogens (tertiary/aromatic N) is 2. The Hall–Kier alpha value is -0.910. The number of carboxylic acids is 1. The Morgan fingerprint density at radius 3 is 2.50 bits per heavy atom. The Balaban J connectivity index is 2.10. The molecule has 6 heteroatoms. The minimum Gasteiger partial charge on any atom is -0.480 e. The highest BCUT2D eigenvalue weighted by Crippen LogP contribution is 2.38. The van der Waals surface area contributed by atoms with Crippen LogP contribution in [0.2, 0.25) is 0 Å². The van der Waals surface area contributed by atoms with E-state index in [-0.39, 0.29) is 16.8 Å². The molecule has 2 rings (SSSR count). The lowest BCUT2D eigenvalue weighted by molar-refractivity contribution is -0.141. The SMILES string of the molecule is CCC1(CC)CCN(C(=O)N2C(C)SCC2C(=O)O)C1. The molecule has 1 N–H and O–H groups in total. The zero-order chi connectivity index (χ0) is 14.9. The van der Waals surface area contributed by atoms with Crippen LogP contribution in [-0.2, 0) is 4.79 Å². The number of carbonyl (C=O) groups excluding carboxylic acids is 1. The number of rotatable bonds is 3. The smallest absolute Gasteiger partial charge is 0.327 e. The van der Waals surface area contributed by atoms with E-state index in [2.05, 4.69) is 13.8 Å². The highest BCUT2D eigenvalue weighted by molar-refractivity contribution is 8.00. The average molecular weight is 300 g/mol. The fourth-order valence-electron chi connectivity index (χ4n) is 3.21. The third-order valence-corrected chi connectivity index (χ3v) is 6.16. The molecule has 5 nitrogen and oxygen atoms in total. The van der Waals surface area contributed by atoms with Gasteiger partial charge in [0.1, 0.15) is 6.04 Å². The molecule has 0 spiro atoms. The van der Waals surface area contributed by atoms with E-state index in [1.54, 1.807) is 4.90 Å². The molecule has 0 aromatic carbocycles. The van der Waals surface area contributed by atoms with Gasteiger partial charge in [-0.1, -0.05) is 13.8 Å². The number of carbonyl (C=O) groups is 2. The largest absolute Gasteiger partial charge is 0.480 e. The molecule has 2 amide bonds. The molecular weight excluding hydrogens is 276 g/mol. The number of hydrogen-bond donors (Lipinski definition) is 1. The first-order valence-electron chi connectivity index (χ1n) is 7.36. The van der Waals surface area contributed by atoms with Crippen LogP contribution in [0.25, 0.3) is 0 Å². The van der Waals surface area contributed by atoms with Crippen molar-refractivity contribution in [2.45, 2.75) is 51.4 Å². The van der Waals surface area contributed by atoms with Gasteiger partial charge < -0.3 is 10.0 Å². The predicted octanol–water partition coefficient (Wildman–Crippen LogP) is 2.47. The van der Waals surface area contributed by atoms with Crippen LogP contribution >= 0.6 is 11.8 Å². The normalized spacial score (nSPS) is 28.9. The first kappa shape index (κ1) is 15.5. The fraction of sp³-hybridized carbons (Fsp3) is 0.857. The molecule has 0 aromatic heterocycles.